The molecular formula is C11H17ClMgO2. The maximum atomic E-state index is 5.90. The Bertz CT molecular complexity index is 301. The van der Waals surface area contributed by atoms with E-state index >= 15 is 0 Å². The third kappa shape index (κ3) is 5.07. The molecule has 0 saturated carbocycles. The maximum Gasteiger partial charge on any atom is 2.00 e. The van der Waals surface area contributed by atoms with E-state index in [4.69, 9.17) is 21.1 Å². The van der Waals surface area contributed by atoms with Gasteiger partial charge in [-0.1, -0.05) is 11.6 Å². The van der Waals surface area contributed by atoms with Gasteiger partial charge in [0.05, 0.1) is 7.11 Å². The molecule has 0 N–H and O–H groups in total. The molecule has 2 nitrogen and oxygen atoms in total. The van der Waals surface area contributed by atoms with E-state index in [1.165, 1.54) is 0 Å². The zero-order valence-corrected chi connectivity index (χ0v) is 11.4. The molecule has 0 bridgehead atoms. The summed E-state index contributed by atoms with van der Waals surface area (Å²) < 4.78 is 10.2. The number of methoxy groups -OCH3 is 2. The van der Waals surface area contributed by atoms with Crippen molar-refractivity contribution in [1.29, 1.82) is 0 Å². The van der Waals surface area contributed by atoms with Gasteiger partial charge in [0.2, 0.25) is 0 Å². The van der Waals surface area contributed by atoms with E-state index in [0.717, 1.165) is 35.8 Å². The molecule has 0 saturated heterocycles. The van der Waals surface area contributed by atoms with Crippen LogP contribution in [0, 0.1) is 0 Å². The minimum absolute atomic E-state index is 0. The first kappa shape index (κ1) is 15.0. The fourth-order valence-corrected chi connectivity index (χ4v) is 1.54. The van der Waals surface area contributed by atoms with E-state index in [2.05, 4.69) is 0 Å². The molecule has 0 aromatic heterocycles. The molecule has 15 heavy (non-hydrogen) atoms. The minimum Gasteiger partial charge on any atom is -1.00 e. The molecule has 1 aromatic rings. The summed E-state index contributed by atoms with van der Waals surface area (Å²) >= 11 is 5.90. The molecule has 1 aromatic carbocycles. The minimum atomic E-state index is 0. The molecule has 0 heterocycles. The predicted octanol–water partition coefficient (Wildman–Crippen LogP) is 2.77. The van der Waals surface area contributed by atoms with E-state index in [1.54, 1.807) is 14.2 Å². The quantitative estimate of drug-likeness (QED) is 0.582. The van der Waals surface area contributed by atoms with Crippen LogP contribution in [0.15, 0.2) is 18.2 Å². The number of hydrogen-bond donors (Lipinski definition) is 0. The first-order chi connectivity index (χ1) is 6.77. The summed E-state index contributed by atoms with van der Waals surface area (Å²) in [7, 11) is 3.37. The largest absolute Gasteiger partial charge is 2.00 e. The second kappa shape index (κ2) is 8.22. The summed E-state index contributed by atoms with van der Waals surface area (Å²) in [5, 5.41) is 0.748. The number of hydrogen-bond acceptors (Lipinski definition) is 2. The van der Waals surface area contributed by atoms with Crippen molar-refractivity contribution in [3.63, 3.8) is 0 Å². The third-order valence-electron chi connectivity index (χ3n) is 2.04. The molecular weight excluding hydrogens is 224 g/mol. The van der Waals surface area contributed by atoms with Crippen LogP contribution >= 0.6 is 11.6 Å². The Labute approximate surface area is 115 Å². The van der Waals surface area contributed by atoms with Crippen LogP contribution in [0.25, 0.3) is 0 Å². The molecule has 0 radical (unpaired) electrons. The van der Waals surface area contributed by atoms with Gasteiger partial charge in [-0.2, -0.15) is 0 Å². The third-order valence-corrected chi connectivity index (χ3v) is 2.27. The summed E-state index contributed by atoms with van der Waals surface area (Å²) in [6, 6.07) is 5.67. The summed E-state index contributed by atoms with van der Waals surface area (Å²) in [4.78, 5) is 0. The number of ether oxygens (including phenoxy) is 2. The van der Waals surface area contributed by atoms with Gasteiger partial charge >= 0.3 is 23.1 Å². The Balaban J connectivity index is -0.000000653. The molecule has 4 heteroatoms. The molecule has 0 aliphatic carbocycles. The molecule has 82 valence electrons. The summed E-state index contributed by atoms with van der Waals surface area (Å²) in [6.07, 6.45) is 1.91. The van der Waals surface area contributed by atoms with Crippen molar-refractivity contribution in [2.24, 2.45) is 0 Å². The number of halogens is 1. The van der Waals surface area contributed by atoms with Gasteiger partial charge < -0.3 is 12.3 Å². The van der Waals surface area contributed by atoms with Gasteiger partial charge in [0.25, 0.3) is 0 Å². The molecule has 0 aliphatic heterocycles. The standard InChI is InChI=1S/C11H15ClO2.Mg.2H/c1-13-7-3-4-9-8-10(12)5-6-11(9)14-2;;;/h5-6,8H,3-4,7H2,1-2H3;;;/q;+2;2*-1. The Morgan fingerprint density at radius 2 is 2.07 bits per heavy atom. The van der Waals surface area contributed by atoms with Crippen LogP contribution in [0.4, 0.5) is 0 Å². The Morgan fingerprint density at radius 3 is 2.67 bits per heavy atom. The van der Waals surface area contributed by atoms with Gasteiger partial charge in [0.1, 0.15) is 5.75 Å². The van der Waals surface area contributed by atoms with Crippen molar-refractivity contribution in [2.45, 2.75) is 12.8 Å². The summed E-state index contributed by atoms with van der Waals surface area (Å²) in [5.74, 6) is 0.894. The average molecular weight is 241 g/mol. The van der Waals surface area contributed by atoms with E-state index in [1.807, 2.05) is 18.2 Å². The van der Waals surface area contributed by atoms with Crippen LogP contribution in [0.5, 0.6) is 5.75 Å². The molecule has 0 amide bonds. The second-order valence-corrected chi connectivity index (χ2v) is 3.49. The SMILES string of the molecule is COCCCc1cc(Cl)ccc1OC.[H-].[H-].[Mg+2]. The molecule has 0 spiro atoms. The van der Waals surface area contributed by atoms with Crippen molar-refractivity contribution in [2.75, 3.05) is 20.8 Å². The van der Waals surface area contributed by atoms with Gasteiger partial charge in [-0.15, -0.1) is 0 Å². The Hall–Kier alpha value is 0.0362. The molecule has 1 rings (SSSR count). The fraction of sp³-hybridized carbons (Fsp3) is 0.455. The molecule has 0 fully saturated rings. The van der Waals surface area contributed by atoms with Gasteiger partial charge in [-0.25, -0.2) is 0 Å². The first-order valence-corrected chi connectivity index (χ1v) is 4.97. The monoisotopic (exact) mass is 240 g/mol. The fourth-order valence-electron chi connectivity index (χ4n) is 1.35. The van der Waals surface area contributed by atoms with Crippen molar-refractivity contribution < 1.29 is 12.3 Å². The Kier molecular flexibility index (Phi) is 8.24. The summed E-state index contributed by atoms with van der Waals surface area (Å²) in [5.41, 5.74) is 1.14. The Morgan fingerprint density at radius 1 is 1.33 bits per heavy atom. The maximum absolute atomic E-state index is 5.90. The van der Waals surface area contributed by atoms with Crippen molar-refractivity contribution in [3.05, 3.63) is 28.8 Å². The number of aryl methyl sites for hydroxylation is 1. The van der Waals surface area contributed by atoms with Crippen molar-refractivity contribution in [3.8, 4) is 5.75 Å². The van der Waals surface area contributed by atoms with E-state index in [-0.39, 0.29) is 25.9 Å². The van der Waals surface area contributed by atoms with Gasteiger partial charge in [-0.3, -0.25) is 0 Å². The molecule has 0 unspecified atom stereocenters. The van der Waals surface area contributed by atoms with Crippen molar-refractivity contribution in [1.82, 2.24) is 0 Å². The normalized spacial score (nSPS) is 9.53. The topological polar surface area (TPSA) is 18.5 Å². The zero-order valence-electron chi connectivity index (χ0n) is 11.3. The van der Waals surface area contributed by atoms with Crippen LogP contribution in [-0.4, -0.2) is 43.9 Å². The van der Waals surface area contributed by atoms with Gasteiger partial charge in [0, 0.05) is 18.7 Å². The van der Waals surface area contributed by atoms with Crippen LogP contribution in [0.1, 0.15) is 14.8 Å². The first-order valence-electron chi connectivity index (χ1n) is 4.59. The molecule has 0 atom stereocenters. The van der Waals surface area contributed by atoms with E-state index in [0.29, 0.717) is 0 Å². The second-order valence-electron chi connectivity index (χ2n) is 3.05. The van der Waals surface area contributed by atoms with Crippen molar-refractivity contribution >= 4 is 34.7 Å². The van der Waals surface area contributed by atoms with Gasteiger partial charge in [-0.05, 0) is 36.6 Å². The smallest absolute Gasteiger partial charge is 1.00 e. The number of benzene rings is 1. The molecule has 0 aliphatic rings. The number of rotatable bonds is 5. The van der Waals surface area contributed by atoms with Crippen LogP contribution < -0.4 is 4.74 Å². The van der Waals surface area contributed by atoms with E-state index < -0.39 is 0 Å². The van der Waals surface area contributed by atoms with E-state index in [9.17, 15) is 0 Å². The zero-order chi connectivity index (χ0) is 10.4. The van der Waals surface area contributed by atoms with Crippen LogP contribution in [0.3, 0.4) is 0 Å². The average Bonchev–Trinajstić information content (AvgIpc) is 2.19. The van der Waals surface area contributed by atoms with Gasteiger partial charge in [0.15, 0.2) is 0 Å². The van der Waals surface area contributed by atoms with Crippen LogP contribution in [-0.2, 0) is 11.2 Å². The predicted molar refractivity (Wildman–Crippen MR) is 66.2 cm³/mol. The summed E-state index contributed by atoms with van der Waals surface area (Å²) in [6.45, 7) is 0.760. The van der Waals surface area contributed by atoms with Crippen LogP contribution in [0.2, 0.25) is 5.02 Å².